The number of ether oxygens (including phenoxy) is 2. The van der Waals surface area contributed by atoms with Gasteiger partial charge < -0.3 is 19.7 Å². The molecule has 0 amide bonds. The van der Waals surface area contributed by atoms with Crippen LogP contribution in [0.2, 0.25) is 0 Å². The van der Waals surface area contributed by atoms with Crippen LogP contribution >= 0.6 is 0 Å². The van der Waals surface area contributed by atoms with Crippen LogP contribution in [0.15, 0.2) is 12.1 Å². The monoisotopic (exact) mass is 420 g/mol. The van der Waals surface area contributed by atoms with Crippen LogP contribution in [0, 0.1) is 23.1 Å². The molecule has 168 valence electrons. The van der Waals surface area contributed by atoms with Gasteiger partial charge in [0.2, 0.25) is 0 Å². The van der Waals surface area contributed by atoms with Crippen molar-refractivity contribution >= 4 is 0 Å². The molecule has 0 spiro atoms. The fraction of sp³-hybridized carbons (Fsp3) is 0.760. The highest BCUT2D eigenvalue weighted by atomic mass is 19.1. The van der Waals surface area contributed by atoms with Crippen molar-refractivity contribution in [3.05, 3.63) is 29.1 Å². The van der Waals surface area contributed by atoms with E-state index in [1.165, 1.54) is 11.1 Å². The molecule has 0 aliphatic heterocycles. The predicted molar refractivity (Wildman–Crippen MR) is 114 cm³/mol. The number of hydrogen-bond acceptors (Lipinski definition) is 4. The Labute approximate surface area is 179 Å². The zero-order valence-corrected chi connectivity index (χ0v) is 18.5. The quantitative estimate of drug-likeness (QED) is 0.604. The molecule has 3 aliphatic rings. The lowest BCUT2D eigenvalue weighted by molar-refractivity contribution is -0.108. The Kier molecular flexibility index (Phi) is 6.43. The molecule has 2 N–H and O–H groups in total. The van der Waals surface area contributed by atoms with E-state index in [9.17, 15) is 9.50 Å². The van der Waals surface area contributed by atoms with Crippen LogP contribution in [-0.2, 0) is 11.2 Å². The predicted octanol–water partition coefficient (Wildman–Crippen LogP) is 4.60. The van der Waals surface area contributed by atoms with Crippen molar-refractivity contribution in [3.8, 4) is 5.75 Å². The van der Waals surface area contributed by atoms with Gasteiger partial charge in [-0.2, -0.15) is 0 Å². The Balaban J connectivity index is 1.53. The Morgan fingerprint density at radius 2 is 1.97 bits per heavy atom. The summed E-state index contributed by atoms with van der Waals surface area (Å²) in [5, 5.41) is 20.7. The third kappa shape index (κ3) is 3.67. The molecule has 3 aliphatic carbocycles. The number of aliphatic hydroxyl groups is 2. The fourth-order valence-electron chi connectivity index (χ4n) is 6.97. The number of aryl methyl sites for hydroxylation is 1. The van der Waals surface area contributed by atoms with Crippen molar-refractivity contribution in [1.82, 2.24) is 0 Å². The highest BCUT2D eigenvalue weighted by Crippen LogP contribution is 2.65. The van der Waals surface area contributed by atoms with Crippen LogP contribution in [0.1, 0.15) is 75.3 Å². The van der Waals surface area contributed by atoms with Gasteiger partial charge in [0.25, 0.3) is 0 Å². The molecule has 2 fully saturated rings. The number of unbranched alkanes of at least 4 members (excludes halogenated alkanes) is 1. The average Bonchev–Trinajstić information content (AvgIpc) is 3.00. The van der Waals surface area contributed by atoms with Crippen molar-refractivity contribution < 1.29 is 24.1 Å². The second kappa shape index (κ2) is 8.76. The van der Waals surface area contributed by atoms with Gasteiger partial charge in [-0.05, 0) is 104 Å². The van der Waals surface area contributed by atoms with Crippen molar-refractivity contribution in [1.29, 1.82) is 0 Å². The number of hydrogen-bond donors (Lipinski definition) is 2. The number of rotatable bonds is 8. The molecule has 5 atom stereocenters. The van der Waals surface area contributed by atoms with E-state index < -0.39 is 5.60 Å². The highest BCUT2D eigenvalue weighted by Gasteiger charge is 2.61. The minimum Gasteiger partial charge on any atom is -0.488 e. The molecule has 0 radical (unpaired) electrons. The molecule has 1 aromatic rings. The molecule has 1 aromatic carbocycles. The maximum Gasteiger partial charge on any atom is 0.165 e. The van der Waals surface area contributed by atoms with E-state index in [4.69, 9.17) is 14.6 Å². The minimum atomic E-state index is -0.623. The number of halogens is 1. The molecular weight excluding hydrogens is 383 g/mol. The Bertz CT molecular complexity index is 753. The van der Waals surface area contributed by atoms with Gasteiger partial charge in [0, 0.05) is 13.7 Å². The first-order valence-electron chi connectivity index (χ1n) is 11.7. The van der Waals surface area contributed by atoms with Crippen LogP contribution in [0.4, 0.5) is 4.39 Å². The van der Waals surface area contributed by atoms with E-state index in [1.807, 2.05) is 6.07 Å². The first-order chi connectivity index (χ1) is 14.4. The molecule has 0 aromatic heterocycles. The second-order valence-corrected chi connectivity index (χ2v) is 9.95. The molecule has 4 rings (SSSR count). The Hall–Kier alpha value is -1.17. The lowest BCUT2D eigenvalue weighted by Gasteiger charge is -2.53. The van der Waals surface area contributed by atoms with Crippen molar-refractivity contribution in [2.75, 3.05) is 26.9 Å². The summed E-state index contributed by atoms with van der Waals surface area (Å²) in [5.74, 6) is 1.45. The summed E-state index contributed by atoms with van der Waals surface area (Å²) in [5.41, 5.74) is 1.70. The summed E-state index contributed by atoms with van der Waals surface area (Å²) in [7, 11) is 1.61. The summed E-state index contributed by atoms with van der Waals surface area (Å²) in [6.45, 7) is 3.29. The fourth-order valence-corrected chi connectivity index (χ4v) is 6.97. The Morgan fingerprint density at radius 1 is 1.13 bits per heavy atom. The number of methoxy groups -OCH3 is 1. The van der Waals surface area contributed by atoms with Gasteiger partial charge in [-0.25, -0.2) is 4.39 Å². The lowest BCUT2D eigenvalue weighted by atomic mass is 9.53. The van der Waals surface area contributed by atoms with Crippen molar-refractivity contribution in [3.63, 3.8) is 0 Å². The van der Waals surface area contributed by atoms with E-state index >= 15 is 0 Å². The maximum absolute atomic E-state index is 14.8. The van der Waals surface area contributed by atoms with E-state index in [0.717, 1.165) is 57.8 Å². The van der Waals surface area contributed by atoms with Crippen LogP contribution in [0.3, 0.4) is 0 Å². The molecule has 0 saturated heterocycles. The molecule has 2 saturated carbocycles. The highest BCUT2D eigenvalue weighted by molar-refractivity contribution is 5.42. The summed E-state index contributed by atoms with van der Waals surface area (Å²) in [6, 6.07) is 3.63. The summed E-state index contributed by atoms with van der Waals surface area (Å²) in [6.07, 6.45) is 8.39. The number of benzene rings is 1. The van der Waals surface area contributed by atoms with Crippen LogP contribution in [0.5, 0.6) is 5.75 Å². The van der Waals surface area contributed by atoms with Crippen LogP contribution in [0.25, 0.3) is 0 Å². The molecule has 5 unspecified atom stereocenters. The topological polar surface area (TPSA) is 58.9 Å². The van der Waals surface area contributed by atoms with Gasteiger partial charge in [0.1, 0.15) is 6.61 Å². The lowest BCUT2D eigenvalue weighted by Crippen LogP contribution is -2.50. The average molecular weight is 421 g/mol. The van der Waals surface area contributed by atoms with Crippen molar-refractivity contribution in [2.45, 2.75) is 76.2 Å². The van der Waals surface area contributed by atoms with Gasteiger partial charge in [0.15, 0.2) is 11.6 Å². The first-order valence-corrected chi connectivity index (χ1v) is 11.7. The Morgan fingerprint density at radius 3 is 2.73 bits per heavy atom. The maximum atomic E-state index is 14.8. The molecule has 4 nitrogen and oxygen atoms in total. The normalized spacial score (nSPS) is 34.9. The van der Waals surface area contributed by atoms with Crippen LogP contribution in [-0.4, -0.2) is 42.7 Å². The van der Waals surface area contributed by atoms with Gasteiger partial charge in [-0.15, -0.1) is 0 Å². The van der Waals surface area contributed by atoms with E-state index in [0.29, 0.717) is 36.7 Å². The molecule has 30 heavy (non-hydrogen) atoms. The first kappa shape index (κ1) is 22.0. The van der Waals surface area contributed by atoms with Gasteiger partial charge >= 0.3 is 0 Å². The van der Waals surface area contributed by atoms with Crippen molar-refractivity contribution in [2.24, 2.45) is 17.3 Å². The van der Waals surface area contributed by atoms with Gasteiger partial charge in [-0.1, -0.05) is 6.92 Å². The third-order valence-corrected chi connectivity index (χ3v) is 8.64. The standard InChI is InChI=1S/C25H37FO4/c1-24-10-7-18-19(21(24)8-11-25(24,28)9-3-4-12-27)6-5-17-15-23(30-14-13-29-2)22(26)16-20(17)18/h15-16,18-19,21,27-28H,3-14H2,1-2H3. The molecular formula is C25H37FO4. The zero-order valence-electron chi connectivity index (χ0n) is 18.5. The third-order valence-electron chi connectivity index (χ3n) is 8.64. The van der Waals surface area contributed by atoms with E-state index in [-0.39, 0.29) is 17.8 Å². The molecule has 0 heterocycles. The van der Waals surface area contributed by atoms with Crippen LogP contribution < -0.4 is 4.74 Å². The minimum absolute atomic E-state index is 0.0666. The zero-order chi connectivity index (χ0) is 21.4. The second-order valence-electron chi connectivity index (χ2n) is 9.95. The summed E-state index contributed by atoms with van der Waals surface area (Å²) >= 11 is 0. The van der Waals surface area contributed by atoms with E-state index in [1.54, 1.807) is 13.2 Å². The number of aliphatic hydroxyl groups excluding tert-OH is 1. The molecule has 0 bridgehead atoms. The smallest absolute Gasteiger partial charge is 0.165 e. The SMILES string of the molecule is COCCOc1cc2c(cc1F)C1CCC3(C)C(CCC3(O)CCCCO)C1CC2. The van der Waals surface area contributed by atoms with Gasteiger partial charge in [-0.3, -0.25) is 0 Å². The summed E-state index contributed by atoms with van der Waals surface area (Å²) in [4.78, 5) is 0. The largest absolute Gasteiger partial charge is 0.488 e. The summed E-state index contributed by atoms with van der Waals surface area (Å²) < 4.78 is 25.4. The van der Waals surface area contributed by atoms with E-state index in [2.05, 4.69) is 6.92 Å². The van der Waals surface area contributed by atoms with Gasteiger partial charge in [0.05, 0.1) is 12.2 Å². The molecule has 5 heteroatoms. The number of fused-ring (bicyclic) bond motifs is 5.